The van der Waals surface area contributed by atoms with Crippen LogP contribution in [-0.4, -0.2) is 11.2 Å². The van der Waals surface area contributed by atoms with Gasteiger partial charge in [0.15, 0.2) is 0 Å². The van der Waals surface area contributed by atoms with Gasteiger partial charge in [-0.05, 0) is 36.4 Å². The standard InChI is InChI=1S/C14H14N4O4S/c1-9(19)16-14-7-10(15)5-6-13(14)18-17-11-3-2-4-12(8-11)23-22-21-20/h2-8,20H,15H2,1H3,(H,16,19). The average Bonchev–Trinajstić information content (AvgIpc) is 2.52. The third-order valence-electron chi connectivity index (χ3n) is 2.58. The molecule has 1 amide bonds. The Balaban J connectivity index is 2.21. The van der Waals surface area contributed by atoms with Crippen LogP contribution in [0.1, 0.15) is 6.92 Å². The van der Waals surface area contributed by atoms with E-state index in [1.54, 1.807) is 42.5 Å². The van der Waals surface area contributed by atoms with Crippen LogP contribution in [0.15, 0.2) is 57.6 Å². The van der Waals surface area contributed by atoms with E-state index in [0.717, 1.165) is 12.0 Å². The number of amides is 1. The molecule has 23 heavy (non-hydrogen) atoms. The maximum atomic E-state index is 11.2. The number of rotatable bonds is 6. The highest BCUT2D eigenvalue weighted by atomic mass is 32.2. The Kier molecular flexibility index (Phi) is 6.06. The van der Waals surface area contributed by atoms with Crippen molar-refractivity contribution in [3.05, 3.63) is 42.5 Å². The first-order valence-corrected chi connectivity index (χ1v) is 7.16. The van der Waals surface area contributed by atoms with Gasteiger partial charge in [0.05, 0.1) is 23.4 Å². The minimum Gasteiger partial charge on any atom is -0.399 e. The van der Waals surface area contributed by atoms with Gasteiger partial charge in [-0.25, -0.2) is 5.26 Å². The number of nitrogens with two attached hydrogens (primary N) is 1. The third kappa shape index (κ3) is 5.34. The first kappa shape index (κ1) is 16.9. The second-order valence-corrected chi connectivity index (χ2v) is 5.16. The Morgan fingerprint density at radius 1 is 1.26 bits per heavy atom. The Morgan fingerprint density at radius 3 is 2.83 bits per heavy atom. The SMILES string of the molecule is CC(=O)Nc1cc(N)ccc1N=Nc1cccc(SOOO)c1. The van der Waals surface area contributed by atoms with Gasteiger partial charge < -0.3 is 11.1 Å². The van der Waals surface area contributed by atoms with E-state index in [-0.39, 0.29) is 5.91 Å². The molecule has 0 saturated carbocycles. The number of nitrogens with zero attached hydrogens (tertiary/aromatic N) is 2. The van der Waals surface area contributed by atoms with Crippen LogP contribution in [0.4, 0.5) is 22.7 Å². The smallest absolute Gasteiger partial charge is 0.221 e. The Hall–Kier alpha value is -2.46. The molecular formula is C14H14N4O4S. The Bertz CT molecular complexity index is 724. The number of azo groups is 1. The van der Waals surface area contributed by atoms with Crippen molar-refractivity contribution in [3.8, 4) is 0 Å². The van der Waals surface area contributed by atoms with Gasteiger partial charge in [0.1, 0.15) is 5.69 Å². The first-order chi connectivity index (χ1) is 11.1. The van der Waals surface area contributed by atoms with E-state index in [9.17, 15) is 4.79 Å². The highest BCUT2D eigenvalue weighted by Gasteiger charge is 2.04. The molecule has 8 nitrogen and oxygen atoms in total. The zero-order valence-corrected chi connectivity index (χ0v) is 12.9. The molecule has 0 unspecified atom stereocenters. The van der Waals surface area contributed by atoms with Gasteiger partial charge in [-0.2, -0.15) is 5.11 Å². The van der Waals surface area contributed by atoms with Crippen LogP contribution in [0.25, 0.3) is 0 Å². The minimum absolute atomic E-state index is 0.230. The normalized spacial score (nSPS) is 10.9. The molecule has 0 heterocycles. The molecule has 2 rings (SSSR count). The lowest BCUT2D eigenvalue weighted by Crippen LogP contribution is -2.06. The highest BCUT2D eigenvalue weighted by Crippen LogP contribution is 2.30. The van der Waals surface area contributed by atoms with Crippen molar-refractivity contribution in [2.45, 2.75) is 11.8 Å². The first-order valence-electron chi connectivity index (χ1n) is 6.42. The topological polar surface area (TPSA) is 119 Å². The number of carbonyl (C=O) groups excluding carboxylic acids is 1. The monoisotopic (exact) mass is 334 g/mol. The van der Waals surface area contributed by atoms with Crippen LogP contribution >= 0.6 is 12.0 Å². The van der Waals surface area contributed by atoms with Crippen LogP contribution in [0.2, 0.25) is 0 Å². The molecule has 0 aliphatic carbocycles. The maximum Gasteiger partial charge on any atom is 0.221 e. The molecule has 0 spiro atoms. The summed E-state index contributed by atoms with van der Waals surface area (Å²) in [6.45, 7) is 1.40. The van der Waals surface area contributed by atoms with Crippen LogP contribution in [-0.2, 0) is 14.2 Å². The lowest BCUT2D eigenvalue weighted by molar-refractivity contribution is -0.432. The average molecular weight is 334 g/mol. The molecule has 4 N–H and O–H groups in total. The number of nitrogens with one attached hydrogen (secondary N) is 1. The van der Waals surface area contributed by atoms with E-state index < -0.39 is 0 Å². The van der Waals surface area contributed by atoms with Gasteiger partial charge in [0, 0.05) is 17.5 Å². The van der Waals surface area contributed by atoms with Gasteiger partial charge in [-0.1, -0.05) is 11.1 Å². The lowest BCUT2D eigenvalue weighted by atomic mass is 10.2. The van der Waals surface area contributed by atoms with E-state index in [4.69, 9.17) is 11.0 Å². The number of benzene rings is 2. The fourth-order valence-corrected chi connectivity index (χ4v) is 2.11. The number of anilines is 2. The van der Waals surface area contributed by atoms with Crippen molar-refractivity contribution in [1.29, 1.82) is 0 Å². The molecule has 0 radical (unpaired) electrons. The molecule has 2 aromatic carbocycles. The van der Waals surface area contributed by atoms with E-state index >= 15 is 0 Å². The largest absolute Gasteiger partial charge is 0.399 e. The van der Waals surface area contributed by atoms with Crippen LogP contribution in [0, 0.1) is 0 Å². The van der Waals surface area contributed by atoms with Crippen molar-refractivity contribution >= 4 is 40.7 Å². The highest BCUT2D eigenvalue weighted by molar-refractivity contribution is 7.94. The summed E-state index contributed by atoms with van der Waals surface area (Å²) in [6.07, 6.45) is 0. The predicted molar refractivity (Wildman–Crippen MR) is 86.4 cm³/mol. The molecule has 0 aliphatic rings. The molecule has 0 fully saturated rings. The second kappa shape index (κ2) is 8.25. The minimum atomic E-state index is -0.230. The van der Waals surface area contributed by atoms with Gasteiger partial charge in [-0.15, -0.1) is 9.45 Å². The van der Waals surface area contributed by atoms with Crippen molar-refractivity contribution in [1.82, 2.24) is 0 Å². The number of hydrogen-bond acceptors (Lipinski definition) is 8. The van der Waals surface area contributed by atoms with E-state index in [1.807, 2.05) is 0 Å². The third-order valence-corrected chi connectivity index (χ3v) is 3.16. The molecule has 0 aliphatic heterocycles. The van der Waals surface area contributed by atoms with Crippen LogP contribution in [0.5, 0.6) is 0 Å². The second-order valence-electron chi connectivity index (χ2n) is 4.38. The summed E-state index contributed by atoms with van der Waals surface area (Å²) >= 11 is 0.822. The summed E-state index contributed by atoms with van der Waals surface area (Å²) in [7, 11) is 0. The molecule has 0 aromatic heterocycles. The van der Waals surface area contributed by atoms with Crippen LogP contribution in [0.3, 0.4) is 0 Å². The molecule has 0 saturated heterocycles. The summed E-state index contributed by atoms with van der Waals surface area (Å²) in [5.74, 6) is -0.230. The zero-order valence-electron chi connectivity index (χ0n) is 12.1. The molecule has 2 aromatic rings. The maximum absolute atomic E-state index is 11.2. The van der Waals surface area contributed by atoms with Crippen molar-refractivity contribution in [3.63, 3.8) is 0 Å². The van der Waals surface area contributed by atoms with Crippen molar-refractivity contribution in [2.75, 3.05) is 11.1 Å². The summed E-state index contributed by atoms with van der Waals surface area (Å²) in [4.78, 5) is 11.9. The number of carbonyl (C=O) groups is 1. The van der Waals surface area contributed by atoms with E-state index in [1.165, 1.54) is 6.92 Å². The van der Waals surface area contributed by atoms with Gasteiger partial charge in [0.2, 0.25) is 5.91 Å². The summed E-state index contributed by atoms with van der Waals surface area (Å²) < 4.78 is 4.35. The molecule has 9 heteroatoms. The molecule has 120 valence electrons. The Morgan fingerprint density at radius 2 is 2.09 bits per heavy atom. The van der Waals surface area contributed by atoms with Gasteiger partial charge in [-0.3, -0.25) is 4.79 Å². The summed E-state index contributed by atoms with van der Waals surface area (Å²) in [6, 6.07) is 11.8. The lowest BCUT2D eigenvalue weighted by Gasteiger charge is -2.06. The zero-order chi connectivity index (χ0) is 16.7. The summed E-state index contributed by atoms with van der Waals surface area (Å²) in [5.41, 5.74) is 7.72. The molecule has 0 bridgehead atoms. The van der Waals surface area contributed by atoms with Crippen molar-refractivity contribution in [2.24, 2.45) is 10.2 Å². The number of hydrogen-bond donors (Lipinski definition) is 3. The fraction of sp³-hybridized carbons (Fsp3) is 0.0714. The van der Waals surface area contributed by atoms with Crippen LogP contribution < -0.4 is 11.1 Å². The van der Waals surface area contributed by atoms with Crippen molar-refractivity contribution < 1.29 is 19.4 Å². The van der Waals surface area contributed by atoms with E-state index in [0.29, 0.717) is 27.6 Å². The number of nitrogen functional groups attached to an aromatic ring is 1. The summed E-state index contributed by atoms with van der Waals surface area (Å²) in [5, 5.41) is 22.5. The van der Waals surface area contributed by atoms with Gasteiger partial charge in [0.25, 0.3) is 0 Å². The fourth-order valence-electron chi connectivity index (χ4n) is 1.69. The molecule has 0 atom stereocenters. The predicted octanol–water partition coefficient (Wildman–Crippen LogP) is 4.07. The van der Waals surface area contributed by atoms with Gasteiger partial charge >= 0.3 is 0 Å². The van der Waals surface area contributed by atoms with E-state index in [2.05, 4.69) is 24.9 Å². The quantitative estimate of drug-likeness (QED) is 0.241. The Labute approximate surface area is 136 Å². The molecular weight excluding hydrogens is 320 g/mol.